The second-order valence-corrected chi connectivity index (χ2v) is 5.24. The van der Waals surface area contributed by atoms with Gasteiger partial charge in [-0.2, -0.15) is 13.7 Å². The molecule has 0 saturated carbocycles. The number of hydrogen-bond acceptors (Lipinski definition) is 5. The lowest BCUT2D eigenvalue weighted by molar-refractivity contribution is 0.0958. The zero-order chi connectivity index (χ0) is 13.8. The molecule has 1 N–H and O–H groups in total. The number of rotatable bonds is 4. The first-order valence-electron chi connectivity index (χ1n) is 4.98. The lowest BCUT2D eigenvalue weighted by Gasteiger charge is -2.07. The lowest BCUT2D eigenvalue weighted by atomic mass is 10.1. The van der Waals surface area contributed by atoms with Gasteiger partial charge in [0.1, 0.15) is 12.3 Å². The second kappa shape index (κ2) is 5.51. The fourth-order valence-electron chi connectivity index (χ4n) is 1.32. The van der Waals surface area contributed by atoms with Crippen LogP contribution in [0.15, 0.2) is 18.2 Å². The van der Waals surface area contributed by atoms with E-state index in [1.807, 2.05) is 0 Å². The summed E-state index contributed by atoms with van der Waals surface area (Å²) < 4.78 is 26.7. The Labute approximate surface area is 105 Å². The summed E-state index contributed by atoms with van der Waals surface area (Å²) in [7, 11) is -3.64. The average molecular weight is 268 g/mol. The van der Waals surface area contributed by atoms with E-state index in [4.69, 9.17) is 9.44 Å². The number of amides is 1. The van der Waals surface area contributed by atoms with Gasteiger partial charge in [0.25, 0.3) is 5.91 Å². The maximum absolute atomic E-state index is 11.6. The lowest BCUT2D eigenvalue weighted by Crippen LogP contribution is -2.23. The van der Waals surface area contributed by atoms with Crippen molar-refractivity contribution < 1.29 is 17.4 Å². The summed E-state index contributed by atoms with van der Waals surface area (Å²) in [4.78, 5) is 11.6. The fourth-order valence-corrected chi connectivity index (χ4v) is 1.77. The van der Waals surface area contributed by atoms with E-state index < -0.39 is 16.0 Å². The van der Waals surface area contributed by atoms with Gasteiger partial charge in [0.2, 0.25) is 0 Å². The van der Waals surface area contributed by atoms with Crippen LogP contribution in [0.1, 0.15) is 15.9 Å². The van der Waals surface area contributed by atoms with Crippen molar-refractivity contribution in [3.05, 3.63) is 29.3 Å². The Morgan fingerprint density at radius 1 is 1.44 bits per heavy atom. The standard InChI is InChI=1S/C11H12N2O4S/c1-8-5-9(11(14)13-4-3-12)7-10(6-8)17-18(2,15)16/h5-7H,4H2,1-2H3,(H,13,14). The largest absolute Gasteiger partial charge is 0.383 e. The first-order valence-corrected chi connectivity index (χ1v) is 6.80. The molecule has 1 rings (SSSR count). The number of benzene rings is 1. The van der Waals surface area contributed by atoms with Gasteiger partial charge in [-0.05, 0) is 30.7 Å². The molecule has 0 aromatic heterocycles. The van der Waals surface area contributed by atoms with E-state index in [9.17, 15) is 13.2 Å². The van der Waals surface area contributed by atoms with E-state index in [-0.39, 0.29) is 17.9 Å². The van der Waals surface area contributed by atoms with Crippen molar-refractivity contribution in [3.63, 3.8) is 0 Å². The smallest absolute Gasteiger partial charge is 0.306 e. The average Bonchev–Trinajstić information content (AvgIpc) is 2.22. The molecule has 1 amide bonds. The van der Waals surface area contributed by atoms with E-state index in [1.54, 1.807) is 19.1 Å². The molecule has 0 unspecified atom stereocenters. The van der Waals surface area contributed by atoms with Crippen molar-refractivity contribution in [2.24, 2.45) is 0 Å². The summed E-state index contributed by atoms with van der Waals surface area (Å²) in [6.45, 7) is 1.59. The number of aryl methyl sites for hydroxylation is 1. The van der Waals surface area contributed by atoms with Crippen molar-refractivity contribution in [1.29, 1.82) is 5.26 Å². The highest BCUT2D eigenvalue weighted by atomic mass is 32.2. The van der Waals surface area contributed by atoms with Crippen LogP contribution in [-0.4, -0.2) is 27.1 Å². The molecule has 0 aliphatic rings. The van der Waals surface area contributed by atoms with Gasteiger partial charge in [-0.3, -0.25) is 4.79 Å². The molecule has 0 aliphatic carbocycles. The molecule has 0 saturated heterocycles. The van der Waals surface area contributed by atoms with Crippen LogP contribution in [0.5, 0.6) is 5.75 Å². The van der Waals surface area contributed by atoms with Crippen LogP contribution in [0.3, 0.4) is 0 Å². The molecule has 0 aliphatic heterocycles. The first-order chi connectivity index (χ1) is 8.31. The molecule has 0 fully saturated rings. The van der Waals surface area contributed by atoms with E-state index >= 15 is 0 Å². The van der Waals surface area contributed by atoms with Crippen molar-refractivity contribution in [3.8, 4) is 11.8 Å². The van der Waals surface area contributed by atoms with Crippen LogP contribution in [0.2, 0.25) is 0 Å². The predicted molar refractivity (Wildman–Crippen MR) is 64.6 cm³/mol. The topological polar surface area (TPSA) is 96.3 Å². The molecule has 0 spiro atoms. The van der Waals surface area contributed by atoms with Gasteiger partial charge < -0.3 is 9.50 Å². The summed E-state index contributed by atoms with van der Waals surface area (Å²) in [6, 6.07) is 6.16. The Bertz CT molecular complexity index is 602. The van der Waals surface area contributed by atoms with Crippen LogP contribution in [-0.2, 0) is 10.1 Å². The van der Waals surface area contributed by atoms with Crippen LogP contribution in [0, 0.1) is 18.3 Å². The number of carbonyl (C=O) groups is 1. The van der Waals surface area contributed by atoms with Crippen molar-refractivity contribution in [2.75, 3.05) is 12.8 Å². The van der Waals surface area contributed by atoms with Crippen LogP contribution in [0.25, 0.3) is 0 Å². The molecule has 0 radical (unpaired) electrons. The number of hydrogen-bond donors (Lipinski definition) is 1. The number of carbonyl (C=O) groups excluding carboxylic acids is 1. The van der Waals surface area contributed by atoms with Crippen LogP contribution < -0.4 is 9.50 Å². The molecule has 0 atom stereocenters. The van der Waals surface area contributed by atoms with Gasteiger partial charge in [-0.1, -0.05) is 0 Å². The van der Waals surface area contributed by atoms with E-state index in [0.717, 1.165) is 6.26 Å². The highest BCUT2D eigenvalue weighted by molar-refractivity contribution is 7.86. The Morgan fingerprint density at radius 3 is 2.67 bits per heavy atom. The third-order valence-electron chi connectivity index (χ3n) is 1.89. The molecule has 1 aromatic rings. The number of nitriles is 1. The molecule has 0 heterocycles. The Balaban J connectivity index is 3.01. The summed E-state index contributed by atoms with van der Waals surface area (Å²) in [5.74, 6) is -0.391. The minimum atomic E-state index is -3.64. The van der Waals surface area contributed by atoms with Crippen molar-refractivity contribution in [2.45, 2.75) is 6.92 Å². The Kier molecular flexibility index (Phi) is 4.28. The third kappa shape index (κ3) is 4.43. The van der Waals surface area contributed by atoms with Gasteiger partial charge in [0.05, 0.1) is 12.3 Å². The molecule has 18 heavy (non-hydrogen) atoms. The van der Waals surface area contributed by atoms with Gasteiger partial charge in [-0.25, -0.2) is 0 Å². The summed E-state index contributed by atoms with van der Waals surface area (Å²) in [5, 5.41) is 10.7. The van der Waals surface area contributed by atoms with Crippen molar-refractivity contribution in [1.82, 2.24) is 5.32 Å². The normalized spacial score (nSPS) is 10.5. The summed E-state index contributed by atoms with van der Waals surface area (Å²) in [6.07, 6.45) is 0.921. The van der Waals surface area contributed by atoms with E-state index in [1.165, 1.54) is 12.1 Å². The fraction of sp³-hybridized carbons (Fsp3) is 0.273. The quantitative estimate of drug-likeness (QED) is 0.636. The number of nitrogens with zero attached hydrogens (tertiary/aromatic N) is 1. The molecule has 1 aromatic carbocycles. The summed E-state index contributed by atoms with van der Waals surface area (Å²) >= 11 is 0. The van der Waals surface area contributed by atoms with Gasteiger partial charge >= 0.3 is 10.1 Å². The Hall–Kier alpha value is -2.07. The molecule has 96 valence electrons. The SMILES string of the molecule is Cc1cc(OS(C)(=O)=O)cc(C(=O)NCC#N)c1. The Morgan fingerprint density at radius 2 is 2.11 bits per heavy atom. The molecular formula is C11H12N2O4S. The third-order valence-corrected chi connectivity index (χ3v) is 2.38. The minimum absolute atomic E-state index is 0.0691. The zero-order valence-corrected chi connectivity index (χ0v) is 10.7. The molecule has 6 nitrogen and oxygen atoms in total. The molecule has 0 bridgehead atoms. The number of nitrogens with one attached hydrogen (secondary N) is 1. The maximum Gasteiger partial charge on any atom is 0.306 e. The highest BCUT2D eigenvalue weighted by Crippen LogP contribution is 2.18. The maximum atomic E-state index is 11.6. The van der Waals surface area contributed by atoms with Crippen LogP contribution >= 0.6 is 0 Å². The monoisotopic (exact) mass is 268 g/mol. The van der Waals surface area contributed by atoms with E-state index in [0.29, 0.717) is 5.56 Å². The first kappa shape index (κ1) is 14.0. The molecular weight excluding hydrogens is 256 g/mol. The minimum Gasteiger partial charge on any atom is -0.383 e. The van der Waals surface area contributed by atoms with Gasteiger partial charge in [0.15, 0.2) is 0 Å². The summed E-state index contributed by atoms with van der Waals surface area (Å²) in [5.41, 5.74) is 0.919. The van der Waals surface area contributed by atoms with E-state index in [2.05, 4.69) is 5.32 Å². The van der Waals surface area contributed by atoms with Gasteiger partial charge in [-0.15, -0.1) is 0 Å². The van der Waals surface area contributed by atoms with Crippen molar-refractivity contribution >= 4 is 16.0 Å². The molecule has 7 heteroatoms. The van der Waals surface area contributed by atoms with Gasteiger partial charge in [0, 0.05) is 5.56 Å². The second-order valence-electron chi connectivity index (χ2n) is 3.66. The van der Waals surface area contributed by atoms with Crippen LogP contribution in [0.4, 0.5) is 0 Å². The highest BCUT2D eigenvalue weighted by Gasteiger charge is 2.10. The zero-order valence-electron chi connectivity index (χ0n) is 9.93. The predicted octanol–water partition coefficient (Wildman–Crippen LogP) is 0.587.